The first-order chi connectivity index (χ1) is 8.46. The molecule has 1 aromatic carbocycles. The van der Waals surface area contributed by atoms with Gasteiger partial charge in [-0.2, -0.15) is 0 Å². The Kier molecular flexibility index (Phi) is 3.64. The van der Waals surface area contributed by atoms with Gasteiger partial charge >= 0.3 is 0 Å². The summed E-state index contributed by atoms with van der Waals surface area (Å²) < 4.78 is 0.572. The molecule has 1 amide bonds. The SMILES string of the molecule is CC(CN)(NC(=O)c1ccc(Br)c(O)c1)C1CC1. The Morgan fingerprint density at radius 3 is 2.78 bits per heavy atom. The highest BCUT2D eigenvalue weighted by Gasteiger charge is 2.41. The number of hydrogen-bond donors (Lipinski definition) is 3. The maximum absolute atomic E-state index is 12.1. The second-order valence-corrected chi connectivity index (χ2v) is 5.87. The fourth-order valence-electron chi connectivity index (χ4n) is 2.03. The number of phenols is 1. The molecule has 0 aromatic heterocycles. The van der Waals surface area contributed by atoms with Crippen molar-refractivity contribution >= 4 is 21.8 Å². The van der Waals surface area contributed by atoms with Crippen molar-refractivity contribution in [3.63, 3.8) is 0 Å². The molecule has 1 unspecified atom stereocenters. The summed E-state index contributed by atoms with van der Waals surface area (Å²) in [6.45, 7) is 2.40. The van der Waals surface area contributed by atoms with E-state index in [9.17, 15) is 9.90 Å². The smallest absolute Gasteiger partial charge is 0.251 e. The molecule has 5 heteroatoms. The molecule has 0 spiro atoms. The van der Waals surface area contributed by atoms with E-state index in [2.05, 4.69) is 21.2 Å². The number of carbonyl (C=O) groups excluding carboxylic acids is 1. The van der Waals surface area contributed by atoms with Crippen LogP contribution in [0.15, 0.2) is 22.7 Å². The summed E-state index contributed by atoms with van der Waals surface area (Å²) in [5.74, 6) is 0.330. The molecule has 2 rings (SSSR count). The number of amides is 1. The molecule has 1 fully saturated rings. The molecule has 0 bridgehead atoms. The van der Waals surface area contributed by atoms with E-state index in [1.54, 1.807) is 12.1 Å². The molecule has 4 nitrogen and oxygen atoms in total. The van der Waals surface area contributed by atoms with Gasteiger partial charge in [-0.25, -0.2) is 0 Å². The Morgan fingerprint density at radius 2 is 2.28 bits per heavy atom. The van der Waals surface area contributed by atoms with Gasteiger partial charge in [-0.3, -0.25) is 4.79 Å². The Balaban J connectivity index is 2.13. The lowest BCUT2D eigenvalue weighted by Crippen LogP contribution is -2.53. The first kappa shape index (κ1) is 13.4. The van der Waals surface area contributed by atoms with E-state index < -0.39 is 0 Å². The second-order valence-electron chi connectivity index (χ2n) is 5.02. The Bertz CT molecular complexity index is 474. The lowest BCUT2D eigenvalue weighted by Gasteiger charge is -2.29. The van der Waals surface area contributed by atoms with Crippen LogP contribution in [0.1, 0.15) is 30.1 Å². The van der Waals surface area contributed by atoms with E-state index in [-0.39, 0.29) is 17.2 Å². The number of carbonyl (C=O) groups is 1. The third kappa shape index (κ3) is 2.67. The van der Waals surface area contributed by atoms with E-state index in [0.717, 1.165) is 12.8 Å². The molecule has 1 aromatic rings. The van der Waals surface area contributed by atoms with Crippen molar-refractivity contribution in [2.24, 2.45) is 11.7 Å². The third-order valence-electron chi connectivity index (χ3n) is 3.51. The summed E-state index contributed by atoms with van der Waals surface area (Å²) in [5, 5.41) is 12.6. The predicted octanol–water partition coefficient (Wildman–Crippen LogP) is 2.01. The van der Waals surface area contributed by atoms with Crippen molar-refractivity contribution in [3.05, 3.63) is 28.2 Å². The summed E-state index contributed by atoms with van der Waals surface area (Å²) >= 11 is 3.19. The molecule has 0 radical (unpaired) electrons. The van der Waals surface area contributed by atoms with Crippen molar-refractivity contribution < 1.29 is 9.90 Å². The summed E-state index contributed by atoms with van der Waals surface area (Å²) in [6, 6.07) is 4.77. The van der Waals surface area contributed by atoms with Gasteiger partial charge in [0.1, 0.15) is 5.75 Å². The molecular formula is C13H17BrN2O2. The van der Waals surface area contributed by atoms with Crippen LogP contribution < -0.4 is 11.1 Å². The van der Waals surface area contributed by atoms with Gasteiger partial charge in [0.2, 0.25) is 0 Å². The van der Waals surface area contributed by atoms with Crippen LogP contribution in [0.25, 0.3) is 0 Å². The highest BCUT2D eigenvalue weighted by Crippen LogP contribution is 2.39. The van der Waals surface area contributed by atoms with Gasteiger partial charge in [-0.05, 0) is 59.8 Å². The number of phenolic OH excluding ortho intramolecular Hbond substituents is 1. The molecular weight excluding hydrogens is 296 g/mol. The van der Waals surface area contributed by atoms with Gasteiger partial charge in [-0.1, -0.05) is 0 Å². The normalized spacial score (nSPS) is 18.2. The first-order valence-electron chi connectivity index (χ1n) is 5.97. The van der Waals surface area contributed by atoms with Crippen LogP contribution in [0, 0.1) is 5.92 Å². The molecule has 0 heterocycles. The van der Waals surface area contributed by atoms with Crippen molar-refractivity contribution in [2.45, 2.75) is 25.3 Å². The van der Waals surface area contributed by atoms with E-state index in [0.29, 0.717) is 22.5 Å². The molecule has 0 saturated heterocycles. The van der Waals surface area contributed by atoms with Gasteiger partial charge in [0, 0.05) is 12.1 Å². The zero-order valence-corrected chi connectivity index (χ0v) is 11.8. The number of rotatable bonds is 4. The Labute approximate surface area is 115 Å². The number of benzene rings is 1. The molecule has 1 saturated carbocycles. The van der Waals surface area contributed by atoms with Gasteiger partial charge in [-0.15, -0.1) is 0 Å². The van der Waals surface area contributed by atoms with Crippen LogP contribution >= 0.6 is 15.9 Å². The zero-order chi connectivity index (χ0) is 13.3. The van der Waals surface area contributed by atoms with Crippen LogP contribution in [0.3, 0.4) is 0 Å². The van der Waals surface area contributed by atoms with Gasteiger partial charge in [0.25, 0.3) is 5.91 Å². The quantitative estimate of drug-likeness (QED) is 0.796. The van der Waals surface area contributed by atoms with Gasteiger partial charge in [0.05, 0.1) is 10.0 Å². The number of nitrogens with two attached hydrogens (primary N) is 1. The van der Waals surface area contributed by atoms with E-state index >= 15 is 0 Å². The zero-order valence-electron chi connectivity index (χ0n) is 10.2. The Morgan fingerprint density at radius 1 is 1.61 bits per heavy atom. The summed E-state index contributed by atoms with van der Waals surface area (Å²) in [4.78, 5) is 12.1. The summed E-state index contributed by atoms with van der Waals surface area (Å²) in [5.41, 5.74) is 5.85. The second kappa shape index (κ2) is 4.90. The van der Waals surface area contributed by atoms with Crippen LogP contribution in [0.5, 0.6) is 5.75 Å². The summed E-state index contributed by atoms with van der Waals surface area (Å²) in [7, 11) is 0. The maximum atomic E-state index is 12.1. The highest BCUT2D eigenvalue weighted by atomic mass is 79.9. The molecule has 0 aliphatic heterocycles. The van der Waals surface area contributed by atoms with Crippen LogP contribution in [-0.2, 0) is 0 Å². The highest BCUT2D eigenvalue weighted by molar-refractivity contribution is 9.10. The van der Waals surface area contributed by atoms with Gasteiger partial charge < -0.3 is 16.2 Å². The number of halogens is 1. The predicted molar refractivity (Wildman–Crippen MR) is 73.5 cm³/mol. The minimum absolute atomic E-state index is 0.0588. The fourth-order valence-corrected chi connectivity index (χ4v) is 2.27. The maximum Gasteiger partial charge on any atom is 0.251 e. The average Bonchev–Trinajstić information content (AvgIpc) is 3.16. The first-order valence-corrected chi connectivity index (χ1v) is 6.76. The molecule has 1 aliphatic carbocycles. The topological polar surface area (TPSA) is 75.3 Å². The van der Waals surface area contributed by atoms with E-state index in [1.807, 2.05) is 6.92 Å². The molecule has 18 heavy (non-hydrogen) atoms. The minimum Gasteiger partial charge on any atom is -0.507 e. The number of hydrogen-bond acceptors (Lipinski definition) is 3. The van der Waals surface area contributed by atoms with Crippen LogP contribution in [0.4, 0.5) is 0 Å². The molecule has 4 N–H and O–H groups in total. The molecule has 1 aliphatic rings. The third-order valence-corrected chi connectivity index (χ3v) is 4.18. The van der Waals surface area contributed by atoms with Crippen molar-refractivity contribution in [1.29, 1.82) is 0 Å². The fraction of sp³-hybridized carbons (Fsp3) is 0.462. The largest absolute Gasteiger partial charge is 0.507 e. The van der Waals surface area contributed by atoms with Gasteiger partial charge in [0.15, 0.2) is 0 Å². The van der Waals surface area contributed by atoms with Crippen molar-refractivity contribution in [3.8, 4) is 5.75 Å². The number of aromatic hydroxyl groups is 1. The lowest BCUT2D eigenvalue weighted by molar-refractivity contribution is 0.0897. The lowest BCUT2D eigenvalue weighted by atomic mass is 9.95. The van der Waals surface area contributed by atoms with Crippen LogP contribution in [-0.4, -0.2) is 23.1 Å². The van der Waals surface area contributed by atoms with E-state index in [4.69, 9.17) is 5.73 Å². The number of nitrogens with one attached hydrogen (secondary N) is 1. The minimum atomic E-state index is -0.347. The Hall–Kier alpha value is -1.07. The van der Waals surface area contributed by atoms with Crippen molar-refractivity contribution in [2.75, 3.05) is 6.54 Å². The molecule has 1 atom stereocenters. The summed E-state index contributed by atoms with van der Waals surface area (Å²) in [6.07, 6.45) is 2.22. The van der Waals surface area contributed by atoms with Crippen LogP contribution in [0.2, 0.25) is 0 Å². The molecule has 98 valence electrons. The van der Waals surface area contributed by atoms with Crippen molar-refractivity contribution in [1.82, 2.24) is 5.32 Å². The van der Waals surface area contributed by atoms with E-state index in [1.165, 1.54) is 6.07 Å². The standard InChI is InChI=1S/C13H17BrN2O2/c1-13(7-15,9-3-4-9)16-12(18)8-2-5-10(14)11(17)6-8/h2,5-6,9,17H,3-4,7,15H2,1H3,(H,16,18). The average molecular weight is 313 g/mol. The monoisotopic (exact) mass is 312 g/mol.